The molecule has 0 bridgehead atoms. The second-order valence-electron chi connectivity index (χ2n) is 4.42. The molecule has 2 heterocycles. The second kappa shape index (κ2) is 6.68. The molecule has 5 nitrogen and oxygen atoms in total. The van der Waals surface area contributed by atoms with Crippen molar-refractivity contribution >= 4 is 40.7 Å². The summed E-state index contributed by atoms with van der Waals surface area (Å²) >= 11 is 12.1. The molecule has 112 valence electrons. The van der Waals surface area contributed by atoms with Gasteiger partial charge < -0.3 is 15.1 Å². The topological polar surface area (TPSA) is 63.0 Å². The van der Waals surface area contributed by atoms with Crippen molar-refractivity contribution in [3.63, 3.8) is 0 Å². The van der Waals surface area contributed by atoms with Crippen molar-refractivity contribution in [2.45, 2.75) is 6.54 Å². The third-order valence-electron chi connectivity index (χ3n) is 2.87. The van der Waals surface area contributed by atoms with Gasteiger partial charge in [-0.15, -0.1) is 0 Å². The van der Waals surface area contributed by atoms with E-state index in [2.05, 4.69) is 20.6 Å². The van der Waals surface area contributed by atoms with Crippen LogP contribution < -0.4 is 10.6 Å². The van der Waals surface area contributed by atoms with Crippen LogP contribution in [0.4, 0.5) is 17.5 Å². The third-order valence-corrected chi connectivity index (χ3v) is 3.69. The van der Waals surface area contributed by atoms with Gasteiger partial charge in [-0.05, 0) is 30.3 Å². The van der Waals surface area contributed by atoms with Crippen LogP contribution >= 0.6 is 23.2 Å². The zero-order chi connectivity index (χ0) is 15.4. The summed E-state index contributed by atoms with van der Waals surface area (Å²) in [6.07, 6.45) is 3.27. The standard InChI is InChI=1S/C15H12Cl2N4O/c16-11-4-1-5-12(14(11)17)20-13-6-7-18-15(21-13)19-9-10-3-2-8-22-10/h1-8H,9H2,(H2,18,19,20,21). The lowest BCUT2D eigenvalue weighted by Gasteiger charge is -2.09. The molecule has 7 heteroatoms. The van der Waals surface area contributed by atoms with Crippen LogP contribution in [-0.2, 0) is 6.54 Å². The number of nitrogens with zero attached hydrogens (tertiary/aromatic N) is 2. The Balaban J connectivity index is 1.72. The van der Waals surface area contributed by atoms with Gasteiger partial charge in [-0.2, -0.15) is 4.98 Å². The van der Waals surface area contributed by atoms with Gasteiger partial charge in [-0.25, -0.2) is 4.98 Å². The van der Waals surface area contributed by atoms with E-state index in [4.69, 9.17) is 27.6 Å². The molecule has 0 aliphatic heterocycles. The second-order valence-corrected chi connectivity index (χ2v) is 5.21. The van der Waals surface area contributed by atoms with Gasteiger partial charge in [0.15, 0.2) is 0 Å². The van der Waals surface area contributed by atoms with Crippen molar-refractivity contribution in [2.24, 2.45) is 0 Å². The molecule has 3 rings (SSSR count). The number of hydrogen-bond donors (Lipinski definition) is 2. The van der Waals surface area contributed by atoms with E-state index in [1.54, 1.807) is 24.6 Å². The van der Waals surface area contributed by atoms with E-state index in [-0.39, 0.29) is 0 Å². The number of hydrogen-bond acceptors (Lipinski definition) is 5. The van der Waals surface area contributed by atoms with Crippen LogP contribution in [0.2, 0.25) is 10.0 Å². The maximum absolute atomic E-state index is 6.15. The fraction of sp³-hybridized carbons (Fsp3) is 0.0667. The van der Waals surface area contributed by atoms with Crippen LogP contribution in [0.1, 0.15) is 5.76 Å². The molecule has 2 aromatic heterocycles. The summed E-state index contributed by atoms with van der Waals surface area (Å²) in [5.74, 6) is 1.90. The Morgan fingerprint density at radius 2 is 2.00 bits per heavy atom. The molecule has 0 aliphatic rings. The number of benzene rings is 1. The van der Waals surface area contributed by atoms with Gasteiger partial charge in [-0.3, -0.25) is 0 Å². The summed E-state index contributed by atoms with van der Waals surface area (Å²) in [5, 5.41) is 7.13. The van der Waals surface area contributed by atoms with E-state index in [0.717, 1.165) is 5.76 Å². The van der Waals surface area contributed by atoms with Crippen LogP contribution in [0.25, 0.3) is 0 Å². The molecule has 0 spiro atoms. The SMILES string of the molecule is Clc1cccc(Nc2ccnc(NCc3ccco3)n2)c1Cl. The maximum atomic E-state index is 6.15. The fourth-order valence-electron chi connectivity index (χ4n) is 1.83. The molecule has 0 saturated carbocycles. The molecule has 3 aromatic rings. The van der Waals surface area contributed by atoms with E-state index in [1.807, 2.05) is 24.3 Å². The minimum Gasteiger partial charge on any atom is -0.467 e. The van der Waals surface area contributed by atoms with Crippen molar-refractivity contribution in [1.82, 2.24) is 9.97 Å². The summed E-state index contributed by atoms with van der Waals surface area (Å²) in [6.45, 7) is 0.508. The molecule has 22 heavy (non-hydrogen) atoms. The van der Waals surface area contributed by atoms with Gasteiger partial charge in [0.05, 0.1) is 28.5 Å². The van der Waals surface area contributed by atoms with Crippen LogP contribution in [0.5, 0.6) is 0 Å². The highest BCUT2D eigenvalue weighted by Gasteiger charge is 2.06. The summed E-state index contributed by atoms with van der Waals surface area (Å²) in [4.78, 5) is 8.52. The van der Waals surface area contributed by atoms with E-state index >= 15 is 0 Å². The number of aromatic nitrogens is 2. The minimum atomic E-state index is 0.452. The first-order valence-electron chi connectivity index (χ1n) is 6.53. The molecule has 0 saturated heterocycles. The number of furan rings is 1. The lowest BCUT2D eigenvalue weighted by Crippen LogP contribution is -2.04. The van der Waals surface area contributed by atoms with Gasteiger partial charge in [0.2, 0.25) is 5.95 Å². The number of halogens is 2. The highest BCUT2D eigenvalue weighted by atomic mass is 35.5. The van der Waals surface area contributed by atoms with E-state index < -0.39 is 0 Å². The Labute approximate surface area is 137 Å². The predicted octanol–water partition coefficient (Wildman–Crippen LogP) is 4.73. The largest absolute Gasteiger partial charge is 0.467 e. The van der Waals surface area contributed by atoms with Crippen LogP contribution in [-0.4, -0.2) is 9.97 Å². The number of nitrogens with one attached hydrogen (secondary N) is 2. The molecule has 0 amide bonds. The third kappa shape index (κ3) is 3.50. The molecular weight excluding hydrogens is 323 g/mol. The molecule has 0 radical (unpaired) electrons. The van der Waals surface area contributed by atoms with E-state index in [0.29, 0.717) is 34.0 Å². The summed E-state index contributed by atoms with van der Waals surface area (Å²) in [7, 11) is 0. The first-order chi connectivity index (χ1) is 10.7. The van der Waals surface area contributed by atoms with Gasteiger partial charge in [0.1, 0.15) is 11.6 Å². The average Bonchev–Trinajstić information content (AvgIpc) is 3.04. The predicted molar refractivity (Wildman–Crippen MR) is 87.8 cm³/mol. The van der Waals surface area contributed by atoms with Crippen molar-refractivity contribution < 1.29 is 4.42 Å². The lowest BCUT2D eigenvalue weighted by atomic mass is 10.3. The normalized spacial score (nSPS) is 10.5. The highest BCUT2D eigenvalue weighted by Crippen LogP contribution is 2.31. The minimum absolute atomic E-state index is 0.452. The van der Waals surface area contributed by atoms with Crippen molar-refractivity contribution in [1.29, 1.82) is 0 Å². The Kier molecular flexibility index (Phi) is 4.46. The van der Waals surface area contributed by atoms with Crippen molar-refractivity contribution in [3.8, 4) is 0 Å². The van der Waals surface area contributed by atoms with Gasteiger partial charge in [-0.1, -0.05) is 29.3 Å². The average molecular weight is 335 g/mol. The maximum Gasteiger partial charge on any atom is 0.224 e. The zero-order valence-electron chi connectivity index (χ0n) is 11.4. The van der Waals surface area contributed by atoms with Gasteiger partial charge in [0, 0.05) is 6.20 Å². The monoisotopic (exact) mass is 334 g/mol. The quantitative estimate of drug-likeness (QED) is 0.706. The van der Waals surface area contributed by atoms with Crippen molar-refractivity contribution in [3.05, 3.63) is 64.7 Å². The first-order valence-corrected chi connectivity index (χ1v) is 7.28. The molecule has 0 atom stereocenters. The summed E-state index contributed by atoms with van der Waals surface area (Å²) < 4.78 is 5.24. The zero-order valence-corrected chi connectivity index (χ0v) is 12.9. The summed E-state index contributed by atoms with van der Waals surface area (Å²) in [5.41, 5.74) is 0.685. The Bertz CT molecular complexity index is 762. The van der Waals surface area contributed by atoms with Gasteiger partial charge >= 0.3 is 0 Å². The van der Waals surface area contributed by atoms with Crippen LogP contribution in [0, 0.1) is 0 Å². The fourth-order valence-corrected chi connectivity index (χ4v) is 2.18. The molecule has 0 aliphatic carbocycles. The van der Waals surface area contributed by atoms with Crippen LogP contribution in [0.3, 0.4) is 0 Å². The Morgan fingerprint density at radius 3 is 2.82 bits per heavy atom. The lowest BCUT2D eigenvalue weighted by molar-refractivity contribution is 0.517. The van der Waals surface area contributed by atoms with E-state index in [9.17, 15) is 0 Å². The molecule has 0 fully saturated rings. The Morgan fingerprint density at radius 1 is 1.09 bits per heavy atom. The van der Waals surface area contributed by atoms with E-state index in [1.165, 1.54) is 0 Å². The number of rotatable bonds is 5. The summed E-state index contributed by atoms with van der Waals surface area (Å²) in [6, 6.07) is 10.8. The Hall–Kier alpha value is -2.24. The van der Waals surface area contributed by atoms with Crippen LogP contribution in [0.15, 0.2) is 53.3 Å². The van der Waals surface area contributed by atoms with Crippen molar-refractivity contribution in [2.75, 3.05) is 10.6 Å². The number of anilines is 3. The highest BCUT2D eigenvalue weighted by molar-refractivity contribution is 6.43. The first kappa shape index (κ1) is 14.7. The molecule has 0 unspecified atom stereocenters. The smallest absolute Gasteiger partial charge is 0.224 e. The molecular formula is C15H12Cl2N4O. The molecule has 1 aromatic carbocycles. The van der Waals surface area contributed by atoms with Gasteiger partial charge in [0.25, 0.3) is 0 Å². The molecule has 2 N–H and O–H groups in total.